The Bertz CT molecular complexity index is 497. The van der Waals surface area contributed by atoms with Crippen LogP contribution in [-0.4, -0.2) is 35.0 Å². The number of carbonyl (C=O) groups is 2. The largest absolute Gasteiger partial charge is 0.481 e. The number of halogens is 2. The number of carboxylic acids is 1. The minimum atomic E-state index is -0.840. The van der Waals surface area contributed by atoms with Crippen LogP contribution in [-0.2, 0) is 16.0 Å². The van der Waals surface area contributed by atoms with Crippen molar-refractivity contribution in [3.8, 4) is 0 Å². The summed E-state index contributed by atoms with van der Waals surface area (Å²) in [5.41, 5.74) is 1.05. The number of aryl methyl sites for hydroxylation is 1. The maximum absolute atomic E-state index is 11.6. The third-order valence-corrected chi connectivity index (χ3v) is 4.33. The van der Waals surface area contributed by atoms with Gasteiger partial charge in [-0.15, -0.1) is 11.8 Å². The first-order valence-electron chi connectivity index (χ1n) is 6.49. The average molecular weight is 350 g/mol. The first kappa shape index (κ1) is 18.1. The number of carboxylic acid groups (broad SMARTS) is 1. The second-order valence-electron chi connectivity index (χ2n) is 4.40. The molecule has 0 unspecified atom stereocenters. The summed E-state index contributed by atoms with van der Waals surface area (Å²) in [4.78, 5) is 21.9. The van der Waals surface area contributed by atoms with Gasteiger partial charge in [0, 0.05) is 18.7 Å². The van der Waals surface area contributed by atoms with Crippen molar-refractivity contribution in [2.24, 2.45) is 0 Å². The van der Waals surface area contributed by atoms with Crippen LogP contribution in [0.15, 0.2) is 18.2 Å². The number of hydrogen-bond acceptors (Lipinski definition) is 3. The summed E-state index contributed by atoms with van der Waals surface area (Å²) in [5.74, 6) is -0.197. The molecule has 0 aromatic heterocycles. The minimum absolute atomic E-state index is 0.0222. The van der Waals surface area contributed by atoms with Crippen LogP contribution in [0, 0.1) is 0 Å². The molecule has 1 aromatic carbocycles. The van der Waals surface area contributed by atoms with Crippen molar-refractivity contribution in [1.82, 2.24) is 5.32 Å². The Morgan fingerprint density at radius 1 is 1.24 bits per heavy atom. The SMILES string of the molecule is O=C(O)CSCCNC(=O)CCCc1ccc(Cl)c(Cl)c1. The maximum Gasteiger partial charge on any atom is 0.313 e. The number of amides is 1. The van der Waals surface area contributed by atoms with Gasteiger partial charge in [-0.2, -0.15) is 0 Å². The smallest absolute Gasteiger partial charge is 0.313 e. The number of thioether (sulfide) groups is 1. The van der Waals surface area contributed by atoms with Crippen LogP contribution in [0.5, 0.6) is 0 Å². The zero-order chi connectivity index (χ0) is 15.7. The summed E-state index contributed by atoms with van der Waals surface area (Å²) < 4.78 is 0. The molecular formula is C14H17Cl2NO3S. The first-order valence-corrected chi connectivity index (χ1v) is 8.40. The van der Waals surface area contributed by atoms with Gasteiger partial charge in [-0.05, 0) is 30.5 Å². The zero-order valence-corrected chi connectivity index (χ0v) is 13.7. The van der Waals surface area contributed by atoms with Gasteiger partial charge in [0.15, 0.2) is 0 Å². The van der Waals surface area contributed by atoms with E-state index in [1.54, 1.807) is 6.07 Å². The number of rotatable bonds is 9. The average Bonchev–Trinajstić information content (AvgIpc) is 2.42. The van der Waals surface area contributed by atoms with Crippen molar-refractivity contribution < 1.29 is 14.7 Å². The third-order valence-electron chi connectivity index (χ3n) is 2.65. The van der Waals surface area contributed by atoms with E-state index in [1.165, 1.54) is 11.8 Å². The van der Waals surface area contributed by atoms with Gasteiger partial charge in [0.1, 0.15) is 0 Å². The standard InChI is InChI=1S/C14H17Cl2NO3S/c15-11-5-4-10(8-12(11)16)2-1-3-13(18)17-6-7-21-9-14(19)20/h4-5,8H,1-3,6-7,9H2,(H,17,18)(H,19,20). The quantitative estimate of drug-likeness (QED) is 0.671. The van der Waals surface area contributed by atoms with Gasteiger partial charge >= 0.3 is 5.97 Å². The molecule has 0 heterocycles. The van der Waals surface area contributed by atoms with Crippen molar-refractivity contribution >= 4 is 46.8 Å². The predicted molar refractivity (Wildman–Crippen MR) is 87.4 cm³/mol. The summed E-state index contributed by atoms with van der Waals surface area (Å²) in [6.45, 7) is 0.490. The lowest BCUT2D eigenvalue weighted by Gasteiger charge is -2.05. The molecule has 21 heavy (non-hydrogen) atoms. The van der Waals surface area contributed by atoms with Gasteiger partial charge in [0.2, 0.25) is 5.91 Å². The maximum atomic E-state index is 11.6. The van der Waals surface area contributed by atoms with Crippen molar-refractivity contribution in [2.75, 3.05) is 18.1 Å². The zero-order valence-electron chi connectivity index (χ0n) is 11.4. The van der Waals surface area contributed by atoms with E-state index < -0.39 is 5.97 Å². The van der Waals surface area contributed by atoms with Crippen LogP contribution in [0.1, 0.15) is 18.4 Å². The molecule has 0 aliphatic carbocycles. The fraction of sp³-hybridized carbons (Fsp3) is 0.429. The molecule has 2 N–H and O–H groups in total. The number of carbonyl (C=O) groups excluding carboxylic acids is 1. The number of nitrogens with one attached hydrogen (secondary N) is 1. The lowest BCUT2D eigenvalue weighted by molar-refractivity contribution is -0.133. The van der Waals surface area contributed by atoms with Gasteiger partial charge in [-0.1, -0.05) is 29.3 Å². The molecule has 7 heteroatoms. The second-order valence-corrected chi connectivity index (χ2v) is 6.32. The van der Waals surface area contributed by atoms with Gasteiger partial charge in [0.25, 0.3) is 0 Å². The molecule has 0 aliphatic rings. The lowest BCUT2D eigenvalue weighted by atomic mass is 10.1. The molecular weight excluding hydrogens is 333 g/mol. The van der Waals surface area contributed by atoms with Gasteiger partial charge < -0.3 is 10.4 Å². The summed E-state index contributed by atoms with van der Waals surface area (Å²) in [6, 6.07) is 5.46. The Morgan fingerprint density at radius 3 is 2.67 bits per heavy atom. The molecule has 1 amide bonds. The van der Waals surface area contributed by atoms with Crippen LogP contribution in [0.25, 0.3) is 0 Å². The van der Waals surface area contributed by atoms with Crippen molar-refractivity contribution in [2.45, 2.75) is 19.3 Å². The topological polar surface area (TPSA) is 66.4 Å². The molecule has 0 radical (unpaired) electrons. The lowest BCUT2D eigenvalue weighted by Crippen LogP contribution is -2.25. The van der Waals surface area contributed by atoms with E-state index in [9.17, 15) is 9.59 Å². The monoisotopic (exact) mass is 349 g/mol. The molecule has 1 rings (SSSR count). The third kappa shape index (κ3) is 8.19. The molecule has 0 saturated heterocycles. The molecule has 0 spiro atoms. The fourth-order valence-corrected chi connectivity index (χ4v) is 2.54. The van der Waals surface area contributed by atoms with E-state index in [1.807, 2.05) is 12.1 Å². The van der Waals surface area contributed by atoms with E-state index in [0.717, 1.165) is 18.4 Å². The Balaban J connectivity index is 2.13. The van der Waals surface area contributed by atoms with Gasteiger partial charge in [-0.3, -0.25) is 9.59 Å². The van der Waals surface area contributed by atoms with Crippen molar-refractivity contribution in [1.29, 1.82) is 0 Å². The summed E-state index contributed by atoms with van der Waals surface area (Å²) in [7, 11) is 0. The number of hydrogen-bond donors (Lipinski definition) is 2. The molecule has 4 nitrogen and oxygen atoms in total. The molecule has 0 atom stereocenters. The Kier molecular flexibility index (Phi) is 8.57. The first-order chi connectivity index (χ1) is 9.99. The van der Waals surface area contributed by atoms with E-state index >= 15 is 0 Å². The van der Waals surface area contributed by atoms with Gasteiger partial charge in [0.05, 0.1) is 15.8 Å². The van der Waals surface area contributed by atoms with Crippen LogP contribution in [0.2, 0.25) is 10.0 Å². The predicted octanol–water partition coefficient (Wildman–Crippen LogP) is 3.25. The van der Waals surface area contributed by atoms with E-state index in [-0.39, 0.29) is 11.7 Å². The van der Waals surface area contributed by atoms with Crippen molar-refractivity contribution in [3.05, 3.63) is 33.8 Å². The highest BCUT2D eigenvalue weighted by Crippen LogP contribution is 2.23. The number of aliphatic carboxylic acids is 1. The molecule has 0 saturated carbocycles. The molecule has 0 fully saturated rings. The van der Waals surface area contributed by atoms with E-state index in [2.05, 4.69) is 5.32 Å². The van der Waals surface area contributed by atoms with Gasteiger partial charge in [-0.25, -0.2) is 0 Å². The summed E-state index contributed by atoms with van der Waals surface area (Å²) in [6.07, 6.45) is 1.92. The Hall–Kier alpha value is -0.910. The van der Waals surface area contributed by atoms with E-state index in [4.69, 9.17) is 28.3 Å². The minimum Gasteiger partial charge on any atom is -0.481 e. The Morgan fingerprint density at radius 2 is 2.00 bits per heavy atom. The van der Waals surface area contributed by atoms with Crippen LogP contribution < -0.4 is 5.32 Å². The van der Waals surface area contributed by atoms with Crippen LogP contribution >= 0.6 is 35.0 Å². The molecule has 0 bridgehead atoms. The fourth-order valence-electron chi connectivity index (χ4n) is 1.66. The normalized spacial score (nSPS) is 10.4. The number of benzene rings is 1. The van der Waals surface area contributed by atoms with E-state index in [0.29, 0.717) is 28.8 Å². The molecule has 0 aliphatic heterocycles. The molecule has 1 aromatic rings. The van der Waals surface area contributed by atoms with Crippen LogP contribution in [0.4, 0.5) is 0 Å². The second kappa shape index (κ2) is 9.92. The molecule has 116 valence electrons. The highest BCUT2D eigenvalue weighted by molar-refractivity contribution is 7.99. The van der Waals surface area contributed by atoms with Crippen LogP contribution in [0.3, 0.4) is 0 Å². The summed E-state index contributed by atoms with van der Waals surface area (Å²) >= 11 is 13.0. The van der Waals surface area contributed by atoms with Crippen molar-refractivity contribution in [3.63, 3.8) is 0 Å². The summed E-state index contributed by atoms with van der Waals surface area (Å²) in [5, 5.41) is 12.3. The highest BCUT2D eigenvalue weighted by atomic mass is 35.5. The highest BCUT2D eigenvalue weighted by Gasteiger charge is 2.04. The Labute approximate surface area is 138 Å².